The van der Waals surface area contributed by atoms with Crippen LogP contribution in [0.1, 0.15) is 37.3 Å². The van der Waals surface area contributed by atoms with E-state index in [1.165, 1.54) is 0 Å². The number of Topliss-reactive ketones (excluding diaryl/α,β-unsaturated/α-hetero) is 1. The topological polar surface area (TPSA) is 93.3 Å². The first-order valence-corrected chi connectivity index (χ1v) is 9.10. The largest absolute Gasteiger partial charge is 0.373 e. The molecule has 3 heterocycles. The van der Waals surface area contributed by atoms with Crippen LogP contribution >= 0.6 is 0 Å². The lowest BCUT2D eigenvalue weighted by molar-refractivity contribution is -0.120. The molecule has 0 unspecified atom stereocenters. The summed E-state index contributed by atoms with van der Waals surface area (Å²) in [6, 6.07) is 5.48. The molecule has 8 heteroatoms. The molecule has 140 valence electrons. The van der Waals surface area contributed by atoms with Gasteiger partial charge in [0.1, 0.15) is 23.1 Å². The number of rotatable bonds is 4. The van der Waals surface area contributed by atoms with Crippen molar-refractivity contribution in [2.24, 2.45) is 0 Å². The molecule has 0 bridgehead atoms. The molecule has 0 aliphatic heterocycles. The normalized spacial score (nSPS) is 15.3. The fourth-order valence-corrected chi connectivity index (χ4v) is 3.55. The van der Waals surface area contributed by atoms with E-state index >= 15 is 0 Å². The number of carbonyl (C=O) groups is 1. The molecule has 4 rings (SSSR count). The van der Waals surface area contributed by atoms with Crippen LogP contribution in [0.2, 0.25) is 0 Å². The third kappa shape index (κ3) is 3.18. The SMILES string of the molecule is CNc1cc(Nc2cccn(C3CCC(=O)CC3)c2=O)nc2c(C)cnn12. The minimum absolute atomic E-state index is 0.0670. The molecule has 0 saturated heterocycles. The maximum absolute atomic E-state index is 12.9. The van der Waals surface area contributed by atoms with Crippen LogP contribution in [0.3, 0.4) is 0 Å². The number of fused-ring (bicyclic) bond motifs is 1. The van der Waals surface area contributed by atoms with E-state index in [2.05, 4.69) is 20.7 Å². The Bertz CT molecular complexity index is 1060. The smallest absolute Gasteiger partial charge is 0.274 e. The van der Waals surface area contributed by atoms with E-state index in [1.54, 1.807) is 27.5 Å². The highest BCUT2D eigenvalue weighted by molar-refractivity contribution is 5.79. The lowest BCUT2D eigenvalue weighted by Crippen LogP contribution is -2.28. The second-order valence-electron chi connectivity index (χ2n) is 6.87. The van der Waals surface area contributed by atoms with Crippen LogP contribution in [0.4, 0.5) is 17.3 Å². The van der Waals surface area contributed by atoms with Crippen molar-refractivity contribution in [3.63, 3.8) is 0 Å². The molecule has 0 spiro atoms. The van der Waals surface area contributed by atoms with Gasteiger partial charge in [0.15, 0.2) is 5.65 Å². The molecule has 1 aliphatic carbocycles. The quantitative estimate of drug-likeness (QED) is 0.737. The molecule has 0 atom stereocenters. The Balaban J connectivity index is 1.68. The van der Waals surface area contributed by atoms with Crippen LogP contribution in [0, 0.1) is 6.92 Å². The monoisotopic (exact) mass is 366 g/mol. The van der Waals surface area contributed by atoms with Crippen molar-refractivity contribution >= 4 is 28.8 Å². The second-order valence-corrected chi connectivity index (χ2v) is 6.87. The zero-order valence-electron chi connectivity index (χ0n) is 15.4. The van der Waals surface area contributed by atoms with Crippen LogP contribution in [0.5, 0.6) is 0 Å². The fraction of sp³-hybridized carbons (Fsp3) is 0.368. The Morgan fingerprint density at radius 1 is 1.22 bits per heavy atom. The van der Waals surface area contributed by atoms with Gasteiger partial charge in [0, 0.05) is 43.8 Å². The van der Waals surface area contributed by atoms with Gasteiger partial charge in [-0.15, -0.1) is 0 Å². The van der Waals surface area contributed by atoms with Crippen LogP contribution in [0.15, 0.2) is 35.4 Å². The summed E-state index contributed by atoms with van der Waals surface area (Å²) in [6.07, 6.45) is 6.06. The van der Waals surface area contributed by atoms with Crippen LogP contribution < -0.4 is 16.2 Å². The summed E-state index contributed by atoms with van der Waals surface area (Å²) < 4.78 is 3.46. The van der Waals surface area contributed by atoms with Gasteiger partial charge in [0.05, 0.1) is 6.20 Å². The summed E-state index contributed by atoms with van der Waals surface area (Å²) >= 11 is 0. The third-order valence-electron chi connectivity index (χ3n) is 5.05. The molecule has 2 N–H and O–H groups in total. The predicted molar refractivity (Wildman–Crippen MR) is 104 cm³/mol. The number of pyridine rings is 1. The highest BCUT2D eigenvalue weighted by Crippen LogP contribution is 2.26. The number of ketones is 1. The molecular formula is C19H22N6O2. The molecule has 0 radical (unpaired) electrons. The van der Waals surface area contributed by atoms with Gasteiger partial charge in [-0.3, -0.25) is 9.59 Å². The zero-order valence-corrected chi connectivity index (χ0v) is 15.4. The Morgan fingerprint density at radius 3 is 2.74 bits per heavy atom. The maximum atomic E-state index is 12.9. The van der Waals surface area contributed by atoms with E-state index in [0.29, 0.717) is 37.2 Å². The third-order valence-corrected chi connectivity index (χ3v) is 5.05. The number of aromatic nitrogens is 4. The van der Waals surface area contributed by atoms with Crippen LogP contribution in [-0.2, 0) is 4.79 Å². The number of aryl methyl sites for hydroxylation is 1. The fourth-order valence-electron chi connectivity index (χ4n) is 3.55. The number of hydrogen-bond acceptors (Lipinski definition) is 6. The molecule has 0 amide bonds. The van der Waals surface area contributed by atoms with E-state index < -0.39 is 0 Å². The van der Waals surface area contributed by atoms with Crippen molar-refractivity contribution in [2.75, 3.05) is 17.7 Å². The summed E-state index contributed by atoms with van der Waals surface area (Å²) in [4.78, 5) is 29.0. The van der Waals surface area contributed by atoms with Crippen molar-refractivity contribution in [3.05, 3.63) is 46.5 Å². The average molecular weight is 366 g/mol. The molecule has 1 aliphatic rings. The van der Waals surface area contributed by atoms with E-state index in [9.17, 15) is 9.59 Å². The van der Waals surface area contributed by atoms with Gasteiger partial charge < -0.3 is 15.2 Å². The van der Waals surface area contributed by atoms with Crippen LogP contribution in [0.25, 0.3) is 5.65 Å². The second kappa shape index (κ2) is 6.86. The molecule has 8 nitrogen and oxygen atoms in total. The lowest BCUT2D eigenvalue weighted by Gasteiger charge is -2.23. The summed E-state index contributed by atoms with van der Waals surface area (Å²) in [5.41, 5.74) is 2.04. The van der Waals surface area contributed by atoms with Gasteiger partial charge >= 0.3 is 0 Å². The van der Waals surface area contributed by atoms with Gasteiger partial charge in [-0.2, -0.15) is 9.61 Å². The van der Waals surface area contributed by atoms with Gasteiger partial charge in [-0.25, -0.2) is 4.98 Å². The zero-order chi connectivity index (χ0) is 19.0. The van der Waals surface area contributed by atoms with Crippen molar-refractivity contribution in [1.29, 1.82) is 0 Å². The number of nitrogens with zero attached hydrogens (tertiary/aromatic N) is 4. The summed E-state index contributed by atoms with van der Waals surface area (Å²) in [5, 5.41) is 10.6. The standard InChI is InChI=1S/C19H22N6O2/c1-12-11-21-25-17(20-2)10-16(23-18(12)25)22-15-4-3-9-24(19(15)27)13-5-7-14(26)8-6-13/h3-4,9-11,13,20H,5-8H2,1-2H3,(H,22,23). The minimum atomic E-state index is -0.102. The first-order chi connectivity index (χ1) is 13.1. The highest BCUT2D eigenvalue weighted by atomic mass is 16.1. The van der Waals surface area contributed by atoms with Gasteiger partial charge in [0.25, 0.3) is 5.56 Å². The van der Waals surface area contributed by atoms with Gasteiger partial charge in [0.2, 0.25) is 0 Å². The summed E-state index contributed by atoms with van der Waals surface area (Å²) in [7, 11) is 1.81. The molecular weight excluding hydrogens is 344 g/mol. The first kappa shape index (κ1) is 17.3. The van der Waals surface area contributed by atoms with Crippen molar-refractivity contribution in [3.8, 4) is 0 Å². The average Bonchev–Trinajstić information content (AvgIpc) is 3.05. The number of carbonyl (C=O) groups excluding carboxylic acids is 1. The molecule has 27 heavy (non-hydrogen) atoms. The predicted octanol–water partition coefficient (Wildman–Crippen LogP) is 2.67. The van der Waals surface area contributed by atoms with E-state index in [4.69, 9.17) is 0 Å². The van der Waals surface area contributed by atoms with E-state index in [-0.39, 0.29) is 17.4 Å². The maximum Gasteiger partial charge on any atom is 0.274 e. The van der Waals surface area contributed by atoms with Gasteiger partial charge in [-0.1, -0.05) is 0 Å². The Morgan fingerprint density at radius 2 is 2.00 bits per heavy atom. The molecule has 1 fully saturated rings. The Labute approximate surface area is 156 Å². The van der Waals surface area contributed by atoms with Crippen molar-refractivity contribution in [2.45, 2.75) is 38.6 Å². The molecule has 3 aromatic rings. The Hall–Kier alpha value is -3.16. The molecule has 3 aromatic heterocycles. The van der Waals surface area contributed by atoms with E-state index in [1.807, 2.05) is 26.1 Å². The minimum Gasteiger partial charge on any atom is -0.373 e. The summed E-state index contributed by atoms with van der Waals surface area (Å²) in [5.74, 6) is 1.63. The van der Waals surface area contributed by atoms with Crippen molar-refractivity contribution < 1.29 is 4.79 Å². The first-order valence-electron chi connectivity index (χ1n) is 9.10. The lowest BCUT2D eigenvalue weighted by atomic mass is 9.94. The van der Waals surface area contributed by atoms with Crippen LogP contribution in [-0.4, -0.2) is 32.0 Å². The Kier molecular flexibility index (Phi) is 4.39. The van der Waals surface area contributed by atoms with Gasteiger partial charge in [-0.05, 0) is 31.9 Å². The number of anilines is 3. The van der Waals surface area contributed by atoms with Crippen molar-refractivity contribution in [1.82, 2.24) is 19.2 Å². The molecule has 1 saturated carbocycles. The van der Waals surface area contributed by atoms with E-state index in [0.717, 1.165) is 17.0 Å². The highest BCUT2D eigenvalue weighted by Gasteiger charge is 2.21. The summed E-state index contributed by atoms with van der Waals surface area (Å²) in [6.45, 7) is 1.94. The molecule has 0 aromatic carbocycles. The number of nitrogens with one attached hydrogen (secondary N) is 2. The number of hydrogen-bond donors (Lipinski definition) is 2.